The Morgan fingerprint density at radius 2 is 1.96 bits per heavy atom. The first-order valence-electron chi connectivity index (χ1n) is 9.13. The number of amides is 1. The molecular weight excluding hydrogens is 355 g/mol. The predicted molar refractivity (Wildman–Crippen MR) is 107 cm³/mol. The summed E-state index contributed by atoms with van der Waals surface area (Å²) in [4.78, 5) is 15.7. The molecule has 0 saturated carbocycles. The van der Waals surface area contributed by atoms with E-state index in [0.29, 0.717) is 11.1 Å². The molecule has 2 aromatic heterocycles. The zero-order chi connectivity index (χ0) is 19.8. The molecule has 1 amide bonds. The molecule has 0 radical (unpaired) electrons. The number of hydrogen-bond acceptors (Lipinski definition) is 2. The number of carbonyl (C=O) groups excluding carboxylic acids is 1. The first kappa shape index (κ1) is 18.0. The third-order valence-corrected chi connectivity index (χ3v) is 5.03. The quantitative estimate of drug-likeness (QED) is 0.547. The van der Waals surface area contributed by atoms with E-state index in [1.54, 1.807) is 18.3 Å². The summed E-state index contributed by atoms with van der Waals surface area (Å²) in [6.45, 7) is 5.95. The van der Waals surface area contributed by atoms with Crippen molar-refractivity contribution in [2.75, 3.05) is 0 Å². The molecule has 0 bridgehead atoms. The molecule has 28 heavy (non-hydrogen) atoms. The van der Waals surface area contributed by atoms with Crippen molar-refractivity contribution in [3.63, 3.8) is 0 Å². The number of carbonyl (C=O) groups is 1. The van der Waals surface area contributed by atoms with Gasteiger partial charge in [0.05, 0.1) is 17.9 Å². The lowest BCUT2D eigenvalue weighted by Gasteiger charge is -2.14. The molecule has 4 rings (SSSR count). The van der Waals surface area contributed by atoms with Gasteiger partial charge in [-0.05, 0) is 56.7 Å². The van der Waals surface area contributed by atoms with Gasteiger partial charge in [-0.15, -0.1) is 0 Å². The molecule has 5 nitrogen and oxygen atoms in total. The maximum Gasteiger partial charge on any atom is 0.268 e. The maximum absolute atomic E-state index is 13.4. The molecule has 0 aliphatic rings. The first-order valence-corrected chi connectivity index (χ1v) is 9.13. The van der Waals surface area contributed by atoms with E-state index in [9.17, 15) is 9.18 Å². The SMILES string of the molecule is Cc1ccccc1-n1ncc([C@H](C)NC(=O)c2cc3cc(F)ccc3[nH]2)c1C. The van der Waals surface area contributed by atoms with E-state index in [4.69, 9.17) is 0 Å². The molecule has 0 spiro atoms. The summed E-state index contributed by atoms with van der Waals surface area (Å²) in [6.07, 6.45) is 1.79. The van der Waals surface area contributed by atoms with Gasteiger partial charge in [0.1, 0.15) is 11.5 Å². The average molecular weight is 376 g/mol. The molecule has 0 unspecified atom stereocenters. The zero-order valence-corrected chi connectivity index (χ0v) is 16.0. The van der Waals surface area contributed by atoms with Gasteiger partial charge < -0.3 is 10.3 Å². The Bertz CT molecular complexity index is 1170. The minimum absolute atomic E-state index is 0.228. The highest BCUT2D eigenvalue weighted by Crippen LogP contribution is 2.23. The first-order chi connectivity index (χ1) is 13.4. The fourth-order valence-electron chi connectivity index (χ4n) is 3.47. The summed E-state index contributed by atoms with van der Waals surface area (Å²) in [5.74, 6) is -0.571. The highest BCUT2D eigenvalue weighted by atomic mass is 19.1. The fourth-order valence-corrected chi connectivity index (χ4v) is 3.47. The largest absolute Gasteiger partial charge is 0.351 e. The van der Waals surface area contributed by atoms with E-state index in [2.05, 4.69) is 15.4 Å². The van der Waals surface area contributed by atoms with Crippen LogP contribution < -0.4 is 5.32 Å². The number of nitrogens with zero attached hydrogens (tertiary/aromatic N) is 2. The number of fused-ring (bicyclic) bond motifs is 1. The molecule has 142 valence electrons. The fraction of sp³-hybridized carbons (Fsp3) is 0.182. The lowest BCUT2D eigenvalue weighted by atomic mass is 10.1. The van der Waals surface area contributed by atoms with Crippen LogP contribution in [-0.4, -0.2) is 20.7 Å². The Morgan fingerprint density at radius 1 is 1.18 bits per heavy atom. The van der Waals surface area contributed by atoms with Crippen LogP contribution in [0.15, 0.2) is 54.7 Å². The van der Waals surface area contributed by atoms with Crippen molar-refractivity contribution < 1.29 is 9.18 Å². The molecule has 0 aliphatic heterocycles. The number of aromatic nitrogens is 3. The number of halogens is 1. The smallest absolute Gasteiger partial charge is 0.268 e. The topological polar surface area (TPSA) is 62.7 Å². The van der Waals surface area contributed by atoms with Gasteiger partial charge in [-0.2, -0.15) is 5.10 Å². The average Bonchev–Trinajstić information content (AvgIpc) is 3.25. The van der Waals surface area contributed by atoms with Crippen molar-refractivity contribution in [2.24, 2.45) is 0 Å². The summed E-state index contributed by atoms with van der Waals surface area (Å²) in [6, 6.07) is 13.9. The second-order valence-corrected chi connectivity index (χ2v) is 6.99. The number of nitrogens with one attached hydrogen (secondary N) is 2. The third-order valence-electron chi connectivity index (χ3n) is 5.03. The lowest BCUT2D eigenvalue weighted by molar-refractivity contribution is 0.0935. The van der Waals surface area contributed by atoms with Gasteiger partial charge in [0.15, 0.2) is 0 Å². The standard InChI is InChI=1S/C22H21FN4O/c1-13-6-4-5-7-21(13)27-15(3)18(12-24-27)14(2)25-22(28)20-11-16-10-17(23)8-9-19(16)26-20/h4-12,14,26H,1-3H3,(H,25,28)/t14-/m0/s1. The third kappa shape index (κ3) is 3.17. The van der Waals surface area contributed by atoms with Crippen molar-refractivity contribution in [2.45, 2.75) is 26.8 Å². The van der Waals surface area contributed by atoms with Crippen LogP contribution >= 0.6 is 0 Å². The monoisotopic (exact) mass is 376 g/mol. The van der Waals surface area contributed by atoms with Crippen LogP contribution in [0.1, 0.15) is 40.3 Å². The minimum atomic E-state index is -0.328. The van der Waals surface area contributed by atoms with Crippen molar-refractivity contribution >= 4 is 16.8 Å². The van der Waals surface area contributed by atoms with Crippen LogP contribution in [0.4, 0.5) is 4.39 Å². The summed E-state index contributed by atoms with van der Waals surface area (Å²) >= 11 is 0. The van der Waals surface area contributed by atoms with Crippen LogP contribution in [0.5, 0.6) is 0 Å². The Morgan fingerprint density at radius 3 is 2.75 bits per heavy atom. The second-order valence-electron chi connectivity index (χ2n) is 6.99. The molecule has 2 heterocycles. The number of benzene rings is 2. The minimum Gasteiger partial charge on any atom is -0.351 e. The van der Waals surface area contributed by atoms with Crippen LogP contribution in [0.3, 0.4) is 0 Å². The van der Waals surface area contributed by atoms with Gasteiger partial charge in [0.25, 0.3) is 5.91 Å². The lowest BCUT2D eigenvalue weighted by Crippen LogP contribution is -2.27. The molecule has 1 atom stereocenters. The van der Waals surface area contributed by atoms with Crippen LogP contribution in [-0.2, 0) is 0 Å². The molecule has 2 N–H and O–H groups in total. The Labute approximate surface area is 162 Å². The molecule has 2 aromatic carbocycles. The number of hydrogen-bond donors (Lipinski definition) is 2. The van der Waals surface area contributed by atoms with Crippen molar-refractivity contribution in [1.82, 2.24) is 20.1 Å². The number of rotatable bonds is 4. The van der Waals surface area contributed by atoms with Gasteiger partial charge in [-0.25, -0.2) is 9.07 Å². The summed E-state index contributed by atoms with van der Waals surface area (Å²) in [7, 11) is 0. The van der Waals surface area contributed by atoms with E-state index in [1.807, 2.05) is 49.7 Å². The van der Waals surface area contributed by atoms with E-state index < -0.39 is 0 Å². The second kappa shape index (κ2) is 6.96. The van der Waals surface area contributed by atoms with Gasteiger partial charge in [0.2, 0.25) is 0 Å². The van der Waals surface area contributed by atoms with E-state index in [-0.39, 0.29) is 17.8 Å². The normalized spacial score (nSPS) is 12.3. The maximum atomic E-state index is 13.4. The number of H-pyrrole nitrogens is 1. The van der Waals surface area contributed by atoms with Crippen molar-refractivity contribution in [1.29, 1.82) is 0 Å². The van der Waals surface area contributed by atoms with Crippen LogP contribution in [0.2, 0.25) is 0 Å². The highest BCUT2D eigenvalue weighted by molar-refractivity contribution is 5.98. The van der Waals surface area contributed by atoms with Gasteiger partial charge >= 0.3 is 0 Å². The van der Waals surface area contributed by atoms with E-state index in [0.717, 1.165) is 28.0 Å². The summed E-state index contributed by atoms with van der Waals surface area (Å²) < 4.78 is 15.3. The van der Waals surface area contributed by atoms with Gasteiger partial charge in [-0.3, -0.25) is 4.79 Å². The van der Waals surface area contributed by atoms with Gasteiger partial charge in [0, 0.05) is 22.2 Å². The van der Waals surface area contributed by atoms with Crippen molar-refractivity contribution in [3.05, 3.63) is 83.1 Å². The Kier molecular flexibility index (Phi) is 4.47. The molecule has 4 aromatic rings. The van der Waals surface area contributed by atoms with E-state index >= 15 is 0 Å². The molecule has 0 aliphatic carbocycles. The van der Waals surface area contributed by atoms with Crippen LogP contribution in [0, 0.1) is 19.7 Å². The molecular formula is C22H21FN4O. The van der Waals surface area contributed by atoms with E-state index in [1.165, 1.54) is 12.1 Å². The zero-order valence-electron chi connectivity index (χ0n) is 16.0. The number of para-hydroxylation sites is 1. The van der Waals surface area contributed by atoms with Gasteiger partial charge in [-0.1, -0.05) is 18.2 Å². The van der Waals surface area contributed by atoms with Crippen LogP contribution in [0.25, 0.3) is 16.6 Å². The summed E-state index contributed by atoms with van der Waals surface area (Å²) in [5.41, 5.74) is 5.18. The molecule has 0 fully saturated rings. The highest BCUT2D eigenvalue weighted by Gasteiger charge is 2.18. The number of aromatic amines is 1. The Balaban J connectivity index is 1.57. The Hall–Kier alpha value is -3.41. The predicted octanol–water partition coefficient (Wildman–Crippen LogP) is 4.60. The molecule has 0 saturated heterocycles. The summed E-state index contributed by atoms with van der Waals surface area (Å²) in [5, 5.41) is 8.17. The molecule has 6 heteroatoms. The van der Waals surface area contributed by atoms with Crippen molar-refractivity contribution in [3.8, 4) is 5.69 Å². The number of aryl methyl sites for hydroxylation is 1.